The minimum absolute atomic E-state index is 0.124. The maximum atomic E-state index is 6.10. The Hall–Kier alpha value is -2.50. The van der Waals surface area contributed by atoms with Crippen molar-refractivity contribution in [2.75, 3.05) is 13.2 Å². The lowest BCUT2D eigenvalue weighted by molar-refractivity contribution is -0.752. The first-order valence-electron chi connectivity index (χ1n) is 8.58. The highest BCUT2D eigenvalue weighted by atomic mass is 16.7. The summed E-state index contributed by atoms with van der Waals surface area (Å²) in [7, 11) is 0. The van der Waals surface area contributed by atoms with Crippen LogP contribution in [0.5, 0.6) is 0 Å². The van der Waals surface area contributed by atoms with Gasteiger partial charge in [0.05, 0.1) is 18.9 Å². The van der Waals surface area contributed by atoms with Gasteiger partial charge >= 0.3 is 0 Å². The summed E-state index contributed by atoms with van der Waals surface area (Å²) in [5.41, 5.74) is 0.842. The van der Waals surface area contributed by atoms with Gasteiger partial charge in [-0.3, -0.25) is 0 Å². The van der Waals surface area contributed by atoms with Crippen LogP contribution in [0.4, 0.5) is 0 Å². The van der Waals surface area contributed by atoms with Crippen molar-refractivity contribution < 1.29 is 18.6 Å². The zero-order valence-corrected chi connectivity index (χ0v) is 14.1. The lowest BCUT2D eigenvalue weighted by Crippen LogP contribution is -2.57. The summed E-state index contributed by atoms with van der Waals surface area (Å²) in [6.45, 7) is 2.96. The van der Waals surface area contributed by atoms with Crippen LogP contribution >= 0.6 is 0 Å². The van der Waals surface area contributed by atoms with Gasteiger partial charge in [0.2, 0.25) is 0 Å². The molecule has 1 fully saturated rings. The van der Waals surface area contributed by atoms with Crippen molar-refractivity contribution in [2.24, 2.45) is 5.41 Å². The van der Waals surface area contributed by atoms with Crippen molar-refractivity contribution in [3.05, 3.63) is 85.2 Å². The third-order valence-corrected chi connectivity index (χ3v) is 4.55. The summed E-state index contributed by atoms with van der Waals surface area (Å²) in [6, 6.07) is 16.2. The van der Waals surface area contributed by atoms with Gasteiger partial charge in [-0.25, -0.2) is 9.13 Å². The third-order valence-electron chi connectivity index (χ3n) is 4.55. The second-order valence-electron chi connectivity index (χ2n) is 6.68. The number of nitrogens with one attached hydrogen (secondary N) is 1. The van der Waals surface area contributed by atoms with Crippen molar-refractivity contribution in [3.63, 3.8) is 0 Å². The average molecular weight is 337 g/mol. The smallest absolute Gasteiger partial charge is 0.198 e. The lowest BCUT2D eigenvalue weighted by atomic mass is 9.88. The zero-order chi connectivity index (χ0) is 17.0. The van der Waals surface area contributed by atoms with Crippen LogP contribution in [0.3, 0.4) is 0 Å². The topological polar surface area (TPSA) is 42.0 Å². The molecule has 0 amide bonds. The summed E-state index contributed by atoms with van der Waals surface area (Å²) in [5.74, 6) is 0. The molecule has 1 aliphatic rings. The van der Waals surface area contributed by atoms with E-state index in [9.17, 15) is 0 Å². The molecule has 0 saturated carbocycles. The Balaban J connectivity index is 1.54. The van der Waals surface area contributed by atoms with E-state index >= 15 is 0 Å². The zero-order valence-electron chi connectivity index (χ0n) is 14.1. The SMILES string of the molecule is c1cc[n+](CC2(C[n+]3ccccc3)COC(c3ccc[nH]3)OC2)cc1. The van der Waals surface area contributed by atoms with E-state index in [4.69, 9.17) is 9.47 Å². The van der Waals surface area contributed by atoms with Gasteiger partial charge in [-0.15, -0.1) is 0 Å². The molecule has 0 aromatic carbocycles. The fourth-order valence-electron chi connectivity index (χ4n) is 3.35. The third kappa shape index (κ3) is 3.78. The summed E-state index contributed by atoms with van der Waals surface area (Å²) in [6.07, 6.45) is 9.94. The van der Waals surface area contributed by atoms with Crippen molar-refractivity contribution in [1.29, 1.82) is 0 Å². The van der Waals surface area contributed by atoms with Crippen LogP contribution in [0.1, 0.15) is 12.0 Å². The van der Waals surface area contributed by atoms with E-state index in [1.54, 1.807) is 0 Å². The molecule has 25 heavy (non-hydrogen) atoms. The van der Waals surface area contributed by atoms with Gasteiger partial charge in [-0.1, -0.05) is 12.1 Å². The highest BCUT2D eigenvalue weighted by Gasteiger charge is 2.44. The highest BCUT2D eigenvalue weighted by molar-refractivity contribution is 5.05. The molecule has 1 saturated heterocycles. The van der Waals surface area contributed by atoms with E-state index in [1.807, 2.05) is 30.5 Å². The predicted molar refractivity (Wildman–Crippen MR) is 91.1 cm³/mol. The number of hydrogen-bond donors (Lipinski definition) is 1. The van der Waals surface area contributed by atoms with Gasteiger partial charge in [0.25, 0.3) is 0 Å². The number of hydrogen-bond acceptors (Lipinski definition) is 2. The number of nitrogens with zero attached hydrogens (tertiary/aromatic N) is 2. The van der Waals surface area contributed by atoms with Crippen LogP contribution in [0.15, 0.2) is 79.5 Å². The Morgan fingerprint density at radius 3 is 1.88 bits per heavy atom. The van der Waals surface area contributed by atoms with E-state index < -0.39 is 0 Å². The maximum Gasteiger partial charge on any atom is 0.198 e. The number of aromatic amines is 1. The molecule has 0 spiro atoms. The average Bonchev–Trinajstić information content (AvgIpc) is 3.19. The summed E-state index contributed by atoms with van der Waals surface area (Å²) < 4.78 is 16.6. The van der Waals surface area contributed by atoms with Crippen molar-refractivity contribution in [1.82, 2.24) is 4.98 Å². The van der Waals surface area contributed by atoms with Crippen LogP contribution in [0.25, 0.3) is 0 Å². The minimum atomic E-state index is -0.315. The molecule has 128 valence electrons. The minimum Gasteiger partial charge on any atom is -0.361 e. The number of aromatic nitrogens is 3. The molecule has 0 radical (unpaired) electrons. The lowest BCUT2D eigenvalue weighted by Gasteiger charge is -2.35. The van der Waals surface area contributed by atoms with Gasteiger partial charge in [0.1, 0.15) is 5.41 Å². The van der Waals surface area contributed by atoms with E-state index in [2.05, 4.69) is 63.2 Å². The normalized spacial score (nSPS) is 17.4. The van der Waals surface area contributed by atoms with Crippen LogP contribution < -0.4 is 9.13 Å². The molecular formula is C20H23N3O2+2. The fraction of sp³-hybridized carbons (Fsp3) is 0.300. The molecule has 4 heterocycles. The number of rotatable bonds is 5. The van der Waals surface area contributed by atoms with E-state index in [1.165, 1.54) is 0 Å². The molecule has 1 aliphatic heterocycles. The second-order valence-corrected chi connectivity index (χ2v) is 6.68. The molecule has 5 heteroatoms. The molecule has 4 rings (SSSR count). The number of pyridine rings is 2. The van der Waals surface area contributed by atoms with Crippen LogP contribution in [0.2, 0.25) is 0 Å². The number of H-pyrrole nitrogens is 1. The number of ether oxygens (including phenoxy) is 2. The standard InChI is InChI=1S/C20H23N3O2/c1-3-10-22(11-4-1)14-20(15-23-12-5-2-6-13-23)16-24-19(25-17-20)18-8-7-9-21-18/h1-13,19,21H,14-17H2/q+2. The first-order chi connectivity index (χ1) is 12.3. The van der Waals surface area contributed by atoms with Crippen LogP contribution in [-0.2, 0) is 22.6 Å². The molecule has 3 aromatic rings. The van der Waals surface area contributed by atoms with Gasteiger partial charge in [0, 0.05) is 30.5 Å². The van der Waals surface area contributed by atoms with Crippen molar-refractivity contribution in [3.8, 4) is 0 Å². The van der Waals surface area contributed by atoms with Crippen molar-refractivity contribution >= 4 is 0 Å². The molecule has 0 unspecified atom stereocenters. The van der Waals surface area contributed by atoms with Gasteiger partial charge in [-0.2, -0.15) is 0 Å². The Labute approximate surface area is 147 Å². The monoisotopic (exact) mass is 337 g/mol. The van der Waals surface area contributed by atoms with Crippen LogP contribution in [-0.4, -0.2) is 18.2 Å². The molecule has 3 aromatic heterocycles. The maximum absolute atomic E-state index is 6.10. The Morgan fingerprint density at radius 2 is 1.40 bits per heavy atom. The second kappa shape index (κ2) is 7.17. The Morgan fingerprint density at radius 1 is 0.840 bits per heavy atom. The predicted octanol–water partition coefficient (Wildman–Crippen LogP) is 2.02. The molecule has 1 N–H and O–H groups in total. The van der Waals surface area contributed by atoms with E-state index in [0.717, 1.165) is 18.8 Å². The molecule has 0 atom stereocenters. The highest BCUT2D eigenvalue weighted by Crippen LogP contribution is 2.32. The Kier molecular flexibility index (Phi) is 4.59. The molecular weight excluding hydrogens is 314 g/mol. The molecule has 5 nitrogen and oxygen atoms in total. The van der Waals surface area contributed by atoms with Crippen molar-refractivity contribution in [2.45, 2.75) is 19.4 Å². The quantitative estimate of drug-likeness (QED) is 0.724. The first-order valence-corrected chi connectivity index (χ1v) is 8.58. The largest absolute Gasteiger partial charge is 0.361 e. The van der Waals surface area contributed by atoms with E-state index in [-0.39, 0.29) is 11.7 Å². The van der Waals surface area contributed by atoms with Gasteiger partial charge in [0.15, 0.2) is 44.2 Å². The first kappa shape index (κ1) is 16.0. The fourth-order valence-corrected chi connectivity index (χ4v) is 3.35. The molecule has 0 aliphatic carbocycles. The summed E-state index contributed by atoms with van der Waals surface area (Å²) in [4.78, 5) is 3.17. The van der Waals surface area contributed by atoms with E-state index in [0.29, 0.717) is 13.2 Å². The molecule has 0 bridgehead atoms. The van der Waals surface area contributed by atoms with Gasteiger partial charge < -0.3 is 14.5 Å². The van der Waals surface area contributed by atoms with Gasteiger partial charge in [-0.05, 0) is 12.1 Å². The van der Waals surface area contributed by atoms with Crippen LogP contribution in [0, 0.1) is 5.41 Å². The summed E-state index contributed by atoms with van der Waals surface area (Å²) >= 11 is 0. The summed E-state index contributed by atoms with van der Waals surface area (Å²) in [5, 5.41) is 0. The Bertz CT molecular complexity index is 724.